The number of carbonyl (C=O) groups excluding carboxylic acids is 2. The van der Waals surface area contributed by atoms with Crippen LogP contribution in [0.4, 0.5) is 5.69 Å². The van der Waals surface area contributed by atoms with Crippen LogP contribution in [0, 0.1) is 0 Å². The van der Waals surface area contributed by atoms with Crippen LogP contribution in [0.15, 0.2) is 55.0 Å². The van der Waals surface area contributed by atoms with E-state index < -0.39 is 0 Å². The third kappa shape index (κ3) is 4.89. The van der Waals surface area contributed by atoms with Gasteiger partial charge in [-0.3, -0.25) is 19.6 Å². The molecule has 7 heteroatoms. The molecule has 0 unspecified atom stereocenters. The van der Waals surface area contributed by atoms with Crippen LogP contribution in [0.3, 0.4) is 0 Å². The highest BCUT2D eigenvalue weighted by atomic mass is 16.2. The minimum absolute atomic E-state index is 0.243. The molecule has 0 spiro atoms. The highest BCUT2D eigenvalue weighted by Gasteiger charge is 2.13. The lowest BCUT2D eigenvalue weighted by Crippen LogP contribution is -2.27. The predicted octanol–water partition coefficient (Wildman–Crippen LogP) is 2.56. The molecule has 0 atom stereocenters. The van der Waals surface area contributed by atoms with Gasteiger partial charge in [0.15, 0.2) is 0 Å². The molecule has 0 saturated heterocycles. The molecular weight excluding hydrogens is 354 g/mol. The first-order valence-corrected chi connectivity index (χ1v) is 9.07. The fourth-order valence-electron chi connectivity index (χ4n) is 2.79. The highest BCUT2D eigenvalue weighted by molar-refractivity contribution is 6.09. The summed E-state index contributed by atoms with van der Waals surface area (Å²) in [5.41, 5.74) is 1.99. The van der Waals surface area contributed by atoms with Gasteiger partial charge < -0.3 is 15.5 Å². The fourth-order valence-corrected chi connectivity index (χ4v) is 2.79. The molecule has 1 aromatic carbocycles. The summed E-state index contributed by atoms with van der Waals surface area (Å²) in [6, 6.07) is 10.9. The van der Waals surface area contributed by atoms with E-state index in [9.17, 15) is 9.59 Å². The van der Waals surface area contributed by atoms with Gasteiger partial charge >= 0.3 is 0 Å². The number of para-hydroxylation sites is 1. The number of amides is 2. The second-order valence-corrected chi connectivity index (χ2v) is 6.71. The lowest BCUT2D eigenvalue weighted by Gasteiger charge is -2.10. The molecule has 2 N–H and O–H groups in total. The summed E-state index contributed by atoms with van der Waals surface area (Å²) in [7, 11) is 3.97. The van der Waals surface area contributed by atoms with Gasteiger partial charge in [0, 0.05) is 30.5 Å². The standard InChI is InChI=1S/C21H23N5O2/c1-26(2)11-5-10-24-20(27)16-12-17(14-22-13-16)21(28)25-18-8-3-6-15-7-4-9-23-19(15)18/h3-4,6-9,12-14H,5,10-11H2,1-2H3,(H,24,27)(H,25,28). The Balaban J connectivity index is 1.69. The van der Waals surface area contributed by atoms with E-state index in [0.29, 0.717) is 28.9 Å². The average molecular weight is 377 g/mol. The molecule has 2 amide bonds. The van der Waals surface area contributed by atoms with Gasteiger partial charge in [-0.25, -0.2) is 0 Å². The van der Waals surface area contributed by atoms with Crippen LogP contribution in [0.2, 0.25) is 0 Å². The summed E-state index contributed by atoms with van der Waals surface area (Å²) in [5.74, 6) is -0.583. The Morgan fingerprint density at radius 2 is 1.79 bits per heavy atom. The van der Waals surface area contributed by atoms with Crippen molar-refractivity contribution in [2.75, 3.05) is 32.5 Å². The zero-order valence-electron chi connectivity index (χ0n) is 16.0. The van der Waals surface area contributed by atoms with E-state index in [2.05, 4.69) is 25.5 Å². The van der Waals surface area contributed by atoms with Gasteiger partial charge in [0.1, 0.15) is 0 Å². The molecule has 0 aliphatic heterocycles. The molecule has 0 fully saturated rings. The van der Waals surface area contributed by atoms with Crippen LogP contribution in [-0.4, -0.2) is 53.9 Å². The fraction of sp³-hybridized carbons (Fsp3) is 0.238. The van der Waals surface area contributed by atoms with Crippen LogP contribution < -0.4 is 10.6 Å². The molecule has 0 bridgehead atoms. The molecule has 0 radical (unpaired) electrons. The normalized spacial score (nSPS) is 10.8. The zero-order valence-corrected chi connectivity index (χ0v) is 16.0. The van der Waals surface area contributed by atoms with E-state index in [1.807, 2.05) is 38.4 Å². The third-order valence-electron chi connectivity index (χ3n) is 4.21. The van der Waals surface area contributed by atoms with Crippen molar-refractivity contribution >= 4 is 28.4 Å². The molecule has 3 rings (SSSR count). The number of fused-ring (bicyclic) bond motifs is 1. The molecule has 2 aromatic heterocycles. The quantitative estimate of drug-likeness (QED) is 0.618. The van der Waals surface area contributed by atoms with Gasteiger partial charge in [-0.15, -0.1) is 0 Å². The van der Waals surface area contributed by atoms with Crippen LogP contribution in [0.25, 0.3) is 10.9 Å². The number of nitrogens with one attached hydrogen (secondary N) is 2. The largest absolute Gasteiger partial charge is 0.352 e. The Morgan fingerprint density at radius 1 is 1.04 bits per heavy atom. The maximum absolute atomic E-state index is 12.7. The second kappa shape index (κ2) is 9.05. The number of rotatable bonds is 7. The first-order chi connectivity index (χ1) is 13.5. The van der Waals surface area contributed by atoms with Gasteiger partial charge in [-0.1, -0.05) is 18.2 Å². The van der Waals surface area contributed by atoms with E-state index >= 15 is 0 Å². The molecule has 0 aliphatic rings. The lowest BCUT2D eigenvalue weighted by atomic mass is 10.1. The molecule has 7 nitrogen and oxygen atoms in total. The summed E-state index contributed by atoms with van der Waals surface area (Å²) in [6.07, 6.45) is 5.43. The Labute approximate surface area is 163 Å². The minimum atomic E-state index is -0.340. The zero-order chi connectivity index (χ0) is 19.9. The summed E-state index contributed by atoms with van der Waals surface area (Å²) < 4.78 is 0. The minimum Gasteiger partial charge on any atom is -0.352 e. The number of pyridine rings is 2. The van der Waals surface area contributed by atoms with Crippen LogP contribution >= 0.6 is 0 Å². The van der Waals surface area contributed by atoms with Crippen LogP contribution in [-0.2, 0) is 0 Å². The SMILES string of the molecule is CN(C)CCCNC(=O)c1cncc(C(=O)Nc2cccc3cccnc23)c1. The van der Waals surface area contributed by atoms with Gasteiger partial charge in [0.05, 0.1) is 22.3 Å². The van der Waals surface area contributed by atoms with Crippen LogP contribution in [0.1, 0.15) is 27.1 Å². The number of hydrogen-bond acceptors (Lipinski definition) is 5. The Morgan fingerprint density at radius 3 is 2.57 bits per heavy atom. The molecular formula is C21H23N5O2. The number of hydrogen-bond donors (Lipinski definition) is 2. The number of benzene rings is 1. The first kappa shape index (κ1) is 19.4. The summed E-state index contributed by atoms with van der Waals surface area (Å²) in [4.78, 5) is 35.4. The predicted molar refractivity (Wildman–Crippen MR) is 109 cm³/mol. The Bertz CT molecular complexity index is 982. The van der Waals surface area contributed by atoms with Gasteiger partial charge in [0.2, 0.25) is 0 Å². The molecule has 0 saturated carbocycles. The van der Waals surface area contributed by atoms with E-state index in [4.69, 9.17) is 0 Å². The highest BCUT2D eigenvalue weighted by Crippen LogP contribution is 2.21. The smallest absolute Gasteiger partial charge is 0.257 e. The van der Waals surface area contributed by atoms with E-state index in [0.717, 1.165) is 18.4 Å². The number of anilines is 1. The summed E-state index contributed by atoms with van der Waals surface area (Å²) in [5, 5.41) is 6.64. The van der Waals surface area contributed by atoms with E-state index in [1.54, 1.807) is 18.3 Å². The monoisotopic (exact) mass is 377 g/mol. The van der Waals surface area contributed by atoms with Crippen molar-refractivity contribution in [3.05, 3.63) is 66.1 Å². The van der Waals surface area contributed by atoms with Crippen molar-refractivity contribution in [2.24, 2.45) is 0 Å². The molecule has 28 heavy (non-hydrogen) atoms. The maximum atomic E-state index is 12.7. The molecule has 2 heterocycles. The first-order valence-electron chi connectivity index (χ1n) is 9.07. The van der Waals surface area contributed by atoms with Crippen molar-refractivity contribution < 1.29 is 9.59 Å². The third-order valence-corrected chi connectivity index (χ3v) is 4.21. The number of nitrogens with zero attached hydrogens (tertiary/aromatic N) is 3. The Kier molecular flexibility index (Phi) is 6.29. The van der Waals surface area contributed by atoms with Crippen molar-refractivity contribution in [1.29, 1.82) is 0 Å². The topological polar surface area (TPSA) is 87.2 Å². The lowest BCUT2D eigenvalue weighted by molar-refractivity contribution is 0.0952. The van der Waals surface area contributed by atoms with Gasteiger partial charge in [-0.05, 0) is 45.3 Å². The van der Waals surface area contributed by atoms with Gasteiger partial charge in [0.25, 0.3) is 11.8 Å². The van der Waals surface area contributed by atoms with Gasteiger partial charge in [-0.2, -0.15) is 0 Å². The Hall–Kier alpha value is -3.32. The van der Waals surface area contributed by atoms with Crippen molar-refractivity contribution in [1.82, 2.24) is 20.2 Å². The second-order valence-electron chi connectivity index (χ2n) is 6.71. The maximum Gasteiger partial charge on any atom is 0.257 e. The van der Waals surface area contributed by atoms with Crippen molar-refractivity contribution in [3.8, 4) is 0 Å². The molecule has 144 valence electrons. The average Bonchev–Trinajstić information content (AvgIpc) is 2.71. The number of aromatic nitrogens is 2. The molecule has 3 aromatic rings. The van der Waals surface area contributed by atoms with E-state index in [1.165, 1.54) is 12.4 Å². The van der Waals surface area contributed by atoms with Crippen molar-refractivity contribution in [3.63, 3.8) is 0 Å². The summed E-state index contributed by atoms with van der Waals surface area (Å²) >= 11 is 0. The van der Waals surface area contributed by atoms with E-state index in [-0.39, 0.29) is 11.8 Å². The van der Waals surface area contributed by atoms with Crippen molar-refractivity contribution in [2.45, 2.75) is 6.42 Å². The van der Waals surface area contributed by atoms with Crippen LogP contribution in [0.5, 0.6) is 0 Å². The number of carbonyl (C=O) groups is 2. The summed E-state index contributed by atoms with van der Waals surface area (Å²) in [6.45, 7) is 1.45. The molecule has 0 aliphatic carbocycles.